The van der Waals surface area contributed by atoms with Crippen LogP contribution >= 0.6 is 0 Å². The lowest BCUT2D eigenvalue weighted by Gasteiger charge is -2.22. The van der Waals surface area contributed by atoms with Crippen LogP contribution < -0.4 is 4.74 Å². The number of imidazole rings is 1. The first-order chi connectivity index (χ1) is 29.6. The summed E-state index contributed by atoms with van der Waals surface area (Å²) in [6.45, 7) is 18.4. The smallest absolute Gasteiger partial charge is 0.145 e. The molecule has 0 bridgehead atoms. The molecule has 0 amide bonds. The molecule has 0 N–H and O–H groups in total. The molecule has 302 valence electrons. The predicted octanol–water partition coefficient (Wildman–Crippen LogP) is 15.8. The van der Waals surface area contributed by atoms with E-state index in [0.29, 0.717) is 23.7 Å². The molecule has 0 aliphatic carbocycles. The van der Waals surface area contributed by atoms with E-state index in [2.05, 4.69) is 192 Å². The number of nitrogens with zero attached hydrogens (tertiary/aromatic N) is 4. The van der Waals surface area contributed by atoms with Crippen LogP contribution in [0.5, 0.6) is 11.5 Å². The molecule has 0 radical (unpaired) electrons. The van der Waals surface area contributed by atoms with E-state index in [0.717, 1.165) is 61.4 Å². The fourth-order valence-electron chi connectivity index (χ4n) is 9.68. The topological polar surface area (TPSA) is 44.3 Å². The molecule has 5 heteroatoms. The molecule has 4 aromatic heterocycles. The molecule has 6 aromatic carbocycles. The first-order valence-corrected chi connectivity index (χ1v) is 21.8. The normalized spacial score (nSPS) is 12.2. The lowest BCUT2D eigenvalue weighted by atomic mass is 9.84. The number of aromatic nitrogens is 4. The second kappa shape index (κ2) is 15.1. The highest BCUT2D eigenvalue weighted by Gasteiger charge is 2.23. The van der Waals surface area contributed by atoms with Crippen molar-refractivity contribution in [2.24, 2.45) is 0 Å². The van der Waals surface area contributed by atoms with Crippen LogP contribution in [-0.4, -0.2) is 18.9 Å². The van der Waals surface area contributed by atoms with E-state index < -0.39 is 0 Å². The second-order valence-corrected chi connectivity index (χ2v) is 17.8. The van der Waals surface area contributed by atoms with Crippen molar-refractivity contribution in [2.75, 3.05) is 0 Å². The monoisotopic (exact) mass is 796 g/mol. The van der Waals surface area contributed by atoms with Crippen LogP contribution in [0.25, 0.3) is 77.3 Å². The third-order valence-corrected chi connectivity index (χ3v) is 12.6. The van der Waals surface area contributed by atoms with Crippen molar-refractivity contribution in [3.8, 4) is 39.7 Å². The Labute approximate surface area is 358 Å². The zero-order chi connectivity index (χ0) is 42.1. The van der Waals surface area contributed by atoms with Gasteiger partial charge in [0.25, 0.3) is 0 Å². The van der Waals surface area contributed by atoms with Gasteiger partial charge in [0, 0.05) is 39.4 Å². The van der Waals surface area contributed by atoms with Crippen molar-refractivity contribution in [1.29, 1.82) is 0 Å². The highest BCUT2D eigenvalue weighted by molar-refractivity contribution is 6.14. The zero-order valence-electron chi connectivity index (χ0n) is 36.4. The van der Waals surface area contributed by atoms with Gasteiger partial charge in [0.2, 0.25) is 0 Å². The van der Waals surface area contributed by atoms with E-state index in [9.17, 15) is 0 Å². The van der Waals surface area contributed by atoms with Gasteiger partial charge in [0.05, 0.1) is 28.4 Å². The summed E-state index contributed by atoms with van der Waals surface area (Å²) in [7, 11) is 0. The van der Waals surface area contributed by atoms with Gasteiger partial charge in [-0.2, -0.15) is 0 Å². The number of pyridine rings is 2. The van der Waals surface area contributed by atoms with Crippen molar-refractivity contribution in [3.05, 3.63) is 168 Å². The van der Waals surface area contributed by atoms with Gasteiger partial charge in [-0.15, -0.1) is 0 Å². The lowest BCUT2D eigenvalue weighted by Crippen LogP contribution is -2.03. The number of fused-ring (bicyclic) bond motifs is 9. The van der Waals surface area contributed by atoms with Crippen LogP contribution in [0.15, 0.2) is 146 Å². The maximum absolute atomic E-state index is 6.84. The summed E-state index contributed by atoms with van der Waals surface area (Å²) in [5.74, 6) is 3.84. The molecule has 4 heterocycles. The zero-order valence-corrected chi connectivity index (χ0v) is 36.4. The summed E-state index contributed by atoms with van der Waals surface area (Å²) >= 11 is 0. The highest BCUT2D eigenvalue weighted by Crippen LogP contribution is 2.44. The third-order valence-electron chi connectivity index (χ3n) is 12.6. The molecule has 0 saturated carbocycles. The SMILES string of the molecule is CC(C)c1cccc(C(C)C)c1-c1ccc2c(c1)c1ccc(Oc3ccc4c5ccccc5n(-c5ccccn5)c4c3)cc1c1ncc(-c3c(C(C)C)cccc3C(C)C)n21. The van der Waals surface area contributed by atoms with Gasteiger partial charge in [0.15, 0.2) is 0 Å². The Hall–Kier alpha value is -6.72. The van der Waals surface area contributed by atoms with Gasteiger partial charge in [-0.3, -0.25) is 8.97 Å². The number of hydrogen-bond acceptors (Lipinski definition) is 3. The minimum Gasteiger partial charge on any atom is -0.457 e. The van der Waals surface area contributed by atoms with Crippen LogP contribution in [-0.2, 0) is 0 Å². The first kappa shape index (κ1) is 38.5. The molecule has 0 aliphatic heterocycles. The third kappa shape index (κ3) is 6.37. The molecule has 10 rings (SSSR count). The van der Waals surface area contributed by atoms with Crippen LogP contribution in [0.3, 0.4) is 0 Å². The van der Waals surface area contributed by atoms with Gasteiger partial charge < -0.3 is 4.74 Å². The maximum Gasteiger partial charge on any atom is 0.145 e. The molecular formula is C56H52N4O. The Morgan fingerprint density at radius 2 is 1.05 bits per heavy atom. The summed E-state index contributed by atoms with van der Waals surface area (Å²) in [5.41, 5.74) is 14.6. The average Bonchev–Trinajstić information content (AvgIpc) is 3.86. The Morgan fingerprint density at radius 1 is 0.443 bits per heavy atom. The summed E-state index contributed by atoms with van der Waals surface area (Å²) in [6.07, 6.45) is 3.94. The van der Waals surface area contributed by atoms with Gasteiger partial charge in [-0.25, -0.2) is 9.97 Å². The standard InChI is InChI=1S/C56H52N4O/c1-33(2)40-16-13-17-41(34(3)4)54(40)37-22-27-50-47(29-37)44-25-23-38(30-48(44)56-58-32-52(60(50)56)55-42(35(5)6)18-14-19-43(55)36(7)8)61-39-24-26-46-45-15-9-10-20-49(45)59(51(46)31-39)53-21-11-12-28-57-53/h9-36H,1-8H3. The molecule has 0 aliphatic rings. The Kier molecular flexibility index (Phi) is 9.51. The summed E-state index contributed by atoms with van der Waals surface area (Å²) in [4.78, 5) is 10.0. The number of ether oxygens (including phenoxy) is 1. The number of hydrogen-bond donors (Lipinski definition) is 0. The molecule has 0 saturated heterocycles. The minimum absolute atomic E-state index is 0.341. The lowest BCUT2D eigenvalue weighted by molar-refractivity contribution is 0.484. The summed E-state index contributed by atoms with van der Waals surface area (Å²) < 4.78 is 11.5. The van der Waals surface area contributed by atoms with Crippen LogP contribution in [0.1, 0.15) is 101 Å². The highest BCUT2D eigenvalue weighted by atomic mass is 16.5. The van der Waals surface area contributed by atoms with Crippen LogP contribution in [0.2, 0.25) is 0 Å². The van der Waals surface area contributed by atoms with Crippen LogP contribution in [0.4, 0.5) is 0 Å². The fraction of sp³-hybridized carbons (Fsp3) is 0.214. The molecule has 0 atom stereocenters. The first-order valence-electron chi connectivity index (χ1n) is 21.8. The number of rotatable bonds is 9. The molecule has 61 heavy (non-hydrogen) atoms. The van der Waals surface area contributed by atoms with E-state index in [1.807, 2.05) is 18.3 Å². The average molecular weight is 797 g/mol. The van der Waals surface area contributed by atoms with E-state index >= 15 is 0 Å². The molecule has 10 aromatic rings. The fourth-order valence-corrected chi connectivity index (χ4v) is 9.68. The van der Waals surface area contributed by atoms with E-state index in [1.165, 1.54) is 49.7 Å². The van der Waals surface area contributed by atoms with Gasteiger partial charge >= 0.3 is 0 Å². The Bertz CT molecular complexity index is 3240. The van der Waals surface area contributed by atoms with Crippen molar-refractivity contribution in [1.82, 2.24) is 18.9 Å². The summed E-state index contributed by atoms with van der Waals surface area (Å²) in [5, 5.41) is 5.72. The number of para-hydroxylation sites is 1. The second-order valence-electron chi connectivity index (χ2n) is 17.8. The van der Waals surface area contributed by atoms with Gasteiger partial charge in [-0.1, -0.05) is 122 Å². The quantitative estimate of drug-likeness (QED) is 0.137. The maximum atomic E-state index is 6.84. The van der Waals surface area contributed by atoms with E-state index in [1.54, 1.807) is 0 Å². The predicted molar refractivity (Wildman–Crippen MR) is 256 cm³/mol. The van der Waals surface area contributed by atoms with Crippen molar-refractivity contribution in [3.63, 3.8) is 0 Å². The summed E-state index contributed by atoms with van der Waals surface area (Å²) in [6, 6.07) is 48.2. The van der Waals surface area contributed by atoms with Crippen LogP contribution in [0, 0.1) is 0 Å². The molecule has 5 nitrogen and oxygen atoms in total. The van der Waals surface area contributed by atoms with Gasteiger partial charge in [0.1, 0.15) is 23.0 Å². The number of benzene rings is 6. The van der Waals surface area contributed by atoms with Crippen molar-refractivity contribution >= 4 is 49.1 Å². The van der Waals surface area contributed by atoms with Crippen molar-refractivity contribution < 1.29 is 4.74 Å². The Morgan fingerprint density at radius 3 is 1.70 bits per heavy atom. The minimum atomic E-state index is 0.341. The molecule has 0 unspecified atom stereocenters. The van der Waals surface area contributed by atoms with E-state index in [-0.39, 0.29) is 0 Å². The van der Waals surface area contributed by atoms with E-state index in [4.69, 9.17) is 14.7 Å². The molecule has 0 spiro atoms. The van der Waals surface area contributed by atoms with Crippen molar-refractivity contribution in [2.45, 2.75) is 79.1 Å². The largest absolute Gasteiger partial charge is 0.457 e. The van der Waals surface area contributed by atoms with Gasteiger partial charge in [-0.05, 0) is 123 Å². The Balaban J connectivity index is 1.22. The molecule has 0 fully saturated rings. The molecular weight excluding hydrogens is 745 g/mol.